The Hall–Kier alpha value is -2.91. The summed E-state index contributed by atoms with van der Waals surface area (Å²) in [7, 11) is 0. The largest absolute Gasteiger partial charge is 0.271 e. The van der Waals surface area contributed by atoms with Gasteiger partial charge in [0.25, 0.3) is 5.91 Å². The van der Waals surface area contributed by atoms with Crippen molar-refractivity contribution >= 4 is 23.2 Å². The lowest BCUT2D eigenvalue weighted by Gasteiger charge is -2.45. The van der Waals surface area contributed by atoms with Crippen LogP contribution in [0.25, 0.3) is 0 Å². The van der Waals surface area contributed by atoms with Gasteiger partial charge in [-0.1, -0.05) is 66.2 Å². The fourth-order valence-electron chi connectivity index (χ4n) is 4.96. The minimum absolute atomic E-state index is 0.242. The van der Waals surface area contributed by atoms with E-state index in [1.807, 2.05) is 6.92 Å². The van der Waals surface area contributed by atoms with Gasteiger partial charge in [-0.25, -0.2) is 5.43 Å². The second-order valence-corrected chi connectivity index (χ2v) is 8.27. The summed E-state index contributed by atoms with van der Waals surface area (Å²) in [6.07, 6.45) is 1.01. The summed E-state index contributed by atoms with van der Waals surface area (Å²) in [6, 6.07) is 24.4. The summed E-state index contributed by atoms with van der Waals surface area (Å²) in [4.78, 5) is 12.5. The Bertz CT molecular complexity index is 1090. The van der Waals surface area contributed by atoms with Crippen LogP contribution < -0.4 is 5.43 Å². The van der Waals surface area contributed by atoms with Gasteiger partial charge in [0.1, 0.15) is 0 Å². The molecule has 1 amide bonds. The van der Waals surface area contributed by atoms with Crippen LogP contribution in [-0.2, 0) is 0 Å². The average Bonchev–Trinajstić information content (AvgIpc) is 2.77. The Morgan fingerprint density at radius 1 is 0.931 bits per heavy atom. The Morgan fingerprint density at radius 2 is 1.55 bits per heavy atom. The molecule has 0 spiro atoms. The second kappa shape index (κ2) is 7.16. The van der Waals surface area contributed by atoms with Crippen molar-refractivity contribution < 1.29 is 4.79 Å². The third kappa shape index (κ3) is 3.06. The molecule has 0 heterocycles. The van der Waals surface area contributed by atoms with Crippen molar-refractivity contribution in [3.05, 3.63) is 106 Å². The number of carbonyl (C=O) groups excluding carboxylic acids is 1. The molecule has 0 saturated heterocycles. The zero-order valence-corrected chi connectivity index (χ0v) is 16.9. The van der Waals surface area contributed by atoms with Crippen LogP contribution in [0, 0.1) is 5.92 Å². The van der Waals surface area contributed by atoms with Crippen molar-refractivity contribution in [1.29, 1.82) is 0 Å². The van der Waals surface area contributed by atoms with E-state index in [0.29, 0.717) is 16.5 Å². The number of carbonyl (C=O) groups is 1. The van der Waals surface area contributed by atoms with Gasteiger partial charge in [-0.2, -0.15) is 5.10 Å². The van der Waals surface area contributed by atoms with Crippen LogP contribution in [0.5, 0.6) is 0 Å². The lowest BCUT2D eigenvalue weighted by atomic mass is 9.58. The third-order valence-corrected chi connectivity index (χ3v) is 6.50. The summed E-state index contributed by atoms with van der Waals surface area (Å²) in [6.45, 7) is 2.02. The maximum Gasteiger partial charge on any atom is 0.271 e. The number of benzene rings is 3. The molecule has 1 atom stereocenters. The summed E-state index contributed by atoms with van der Waals surface area (Å²) in [5, 5.41) is 5.03. The van der Waals surface area contributed by atoms with Crippen LogP contribution in [0.2, 0.25) is 5.02 Å². The molecule has 4 heteroatoms. The predicted octanol–water partition coefficient (Wildman–Crippen LogP) is 5.74. The van der Waals surface area contributed by atoms with Gasteiger partial charge in [-0.3, -0.25) is 4.79 Å². The Labute approximate surface area is 175 Å². The fourth-order valence-corrected chi connectivity index (χ4v) is 5.15. The van der Waals surface area contributed by atoms with Crippen molar-refractivity contribution in [3.8, 4) is 0 Å². The van der Waals surface area contributed by atoms with Crippen molar-refractivity contribution in [2.24, 2.45) is 11.0 Å². The van der Waals surface area contributed by atoms with E-state index >= 15 is 0 Å². The van der Waals surface area contributed by atoms with Crippen molar-refractivity contribution in [2.75, 3.05) is 0 Å². The van der Waals surface area contributed by atoms with Gasteiger partial charge < -0.3 is 0 Å². The van der Waals surface area contributed by atoms with Crippen LogP contribution in [0.4, 0.5) is 0 Å². The van der Waals surface area contributed by atoms with Gasteiger partial charge >= 0.3 is 0 Å². The summed E-state index contributed by atoms with van der Waals surface area (Å²) < 4.78 is 0. The van der Waals surface area contributed by atoms with Crippen molar-refractivity contribution in [1.82, 2.24) is 5.43 Å². The highest BCUT2D eigenvalue weighted by atomic mass is 35.5. The number of rotatable bonds is 3. The average molecular weight is 401 g/mol. The topological polar surface area (TPSA) is 41.5 Å². The van der Waals surface area contributed by atoms with Crippen LogP contribution in [0.1, 0.15) is 57.8 Å². The number of hydrogen-bond acceptors (Lipinski definition) is 2. The van der Waals surface area contributed by atoms with Crippen LogP contribution in [-0.4, -0.2) is 11.6 Å². The monoisotopic (exact) mass is 400 g/mol. The molecular formula is C25H21ClN2O. The Kier molecular flexibility index (Phi) is 4.48. The molecule has 0 unspecified atom stereocenters. The number of nitrogens with zero attached hydrogens (tertiary/aromatic N) is 1. The molecule has 3 aromatic carbocycles. The minimum Gasteiger partial charge on any atom is -0.267 e. The lowest BCUT2D eigenvalue weighted by Crippen LogP contribution is -2.36. The fraction of sp³-hybridized carbons (Fsp3) is 0.200. The van der Waals surface area contributed by atoms with Gasteiger partial charge in [-0.05, 0) is 53.8 Å². The number of amides is 1. The number of fused-ring (bicyclic) bond motifs is 1. The normalized spacial score (nSPS) is 22.0. The smallest absolute Gasteiger partial charge is 0.267 e. The number of halogens is 1. The predicted molar refractivity (Wildman–Crippen MR) is 117 cm³/mol. The molecule has 0 radical (unpaired) electrons. The first kappa shape index (κ1) is 18.1. The van der Waals surface area contributed by atoms with Gasteiger partial charge in [0.05, 0.1) is 0 Å². The maximum absolute atomic E-state index is 12.5. The van der Waals surface area contributed by atoms with E-state index in [4.69, 9.17) is 11.6 Å². The first-order valence-electron chi connectivity index (χ1n) is 9.91. The molecule has 3 aliphatic rings. The maximum atomic E-state index is 12.5. The molecule has 3 nitrogen and oxygen atoms in total. The highest BCUT2D eigenvalue weighted by molar-refractivity contribution is 6.30. The van der Waals surface area contributed by atoms with E-state index < -0.39 is 0 Å². The molecule has 0 aromatic heterocycles. The van der Waals surface area contributed by atoms with E-state index in [0.717, 1.165) is 12.1 Å². The highest BCUT2D eigenvalue weighted by Gasteiger charge is 2.44. The van der Waals surface area contributed by atoms with Crippen LogP contribution in [0.3, 0.4) is 0 Å². The zero-order chi connectivity index (χ0) is 20.0. The highest BCUT2D eigenvalue weighted by Crippen LogP contribution is 2.55. The zero-order valence-electron chi connectivity index (χ0n) is 16.1. The van der Waals surface area contributed by atoms with Gasteiger partial charge in [0.15, 0.2) is 0 Å². The van der Waals surface area contributed by atoms with Crippen molar-refractivity contribution in [2.45, 2.75) is 25.2 Å². The second-order valence-electron chi connectivity index (χ2n) is 7.83. The standard InChI is InChI=1S/C25H21ClN2O/c1-15(27-28-25(29)16-7-6-8-17(26)13-16)22-14-23-18-9-2-4-11-20(18)24(22)21-12-5-3-10-19(21)23/h2-13,22-24H,14H2,1H3,(H,28,29)/t22-,23?,24?/m0/s1. The molecule has 6 rings (SSSR count). The first-order chi connectivity index (χ1) is 14.1. The van der Waals surface area contributed by atoms with Crippen LogP contribution >= 0.6 is 11.6 Å². The van der Waals surface area contributed by atoms with E-state index in [9.17, 15) is 4.79 Å². The van der Waals surface area contributed by atoms with Crippen LogP contribution in [0.15, 0.2) is 77.9 Å². The lowest BCUT2D eigenvalue weighted by molar-refractivity contribution is 0.0954. The molecule has 3 aliphatic carbocycles. The van der Waals surface area contributed by atoms with E-state index in [1.54, 1.807) is 24.3 Å². The van der Waals surface area contributed by atoms with Gasteiger partial charge in [-0.15, -0.1) is 0 Å². The minimum atomic E-state index is -0.242. The molecule has 3 aromatic rings. The summed E-state index contributed by atoms with van der Waals surface area (Å²) in [5.41, 5.74) is 9.84. The molecule has 0 fully saturated rings. The number of hydrazone groups is 1. The van der Waals surface area contributed by atoms with Crippen molar-refractivity contribution in [3.63, 3.8) is 0 Å². The van der Waals surface area contributed by atoms with E-state index in [1.165, 1.54) is 22.3 Å². The van der Waals surface area contributed by atoms with Gasteiger partial charge in [0.2, 0.25) is 0 Å². The quantitative estimate of drug-likeness (QED) is 0.441. The van der Waals surface area contributed by atoms with Gasteiger partial charge in [0, 0.05) is 34.1 Å². The summed E-state index contributed by atoms with van der Waals surface area (Å²) in [5.74, 6) is 0.684. The number of nitrogens with one attached hydrogen (secondary N) is 1. The molecule has 29 heavy (non-hydrogen) atoms. The Morgan fingerprint density at radius 3 is 2.17 bits per heavy atom. The molecule has 1 N–H and O–H groups in total. The third-order valence-electron chi connectivity index (χ3n) is 6.26. The Balaban J connectivity index is 1.46. The van der Waals surface area contributed by atoms with E-state index in [-0.39, 0.29) is 17.7 Å². The van der Waals surface area contributed by atoms with E-state index in [2.05, 4.69) is 59.1 Å². The first-order valence-corrected chi connectivity index (χ1v) is 10.3. The number of hydrogen-bond donors (Lipinski definition) is 1. The molecule has 0 aliphatic heterocycles. The molecule has 0 saturated carbocycles. The molecule has 2 bridgehead atoms. The molecule has 144 valence electrons. The SMILES string of the molecule is CC(=NNC(=O)c1cccc(Cl)c1)[C@@H]1CC2c3ccccc3C1c1ccccc12. The summed E-state index contributed by atoms with van der Waals surface area (Å²) >= 11 is 6.00. The molecular weight excluding hydrogens is 380 g/mol.